The predicted octanol–water partition coefficient (Wildman–Crippen LogP) is 1.71. The van der Waals surface area contributed by atoms with Gasteiger partial charge in [0.25, 0.3) is 5.91 Å². The van der Waals surface area contributed by atoms with Crippen molar-refractivity contribution >= 4 is 5.91 Å². The Balaban J connectivity index is 2.12. The maximum absolute atomic E-state index is 12.6. The van der Waals surface area contributed by atoms with Crippen molar-refractivity contribution in [3.05, 3.63) is 35.9 Å². The van der Waals surface area contributed by atoms with Crippen molar-refractivity contribution in [2.75, 3.05) is 19.7 Å². The molecular formula is C15H22N2O2. The van der Waals surface area contributed by atoms with Gasteiger partial charge in [-0.1, -0.05) is 30.3 Å². The van der Waals surface area contributed by atoms with Crippen LogP contribution >= 0.6 is 0 Å². The van der Waals surface area contributed by atoms with Gasteiger partial charge in [0, 0.05) is 25.7 Å². The quantitative estimate of drug-likeness (QED) is 0.898. The summed E-state index contributed by atoms with van der Waals surface area (Å²) in [5.41, 5.74) is 6.85. The first-order chi connectivity index (χ1) is 9.22. The van der Waals surface area contributed by atoms with Crippen molar-refractivity contribution in [1.82, 2.24) is 4.90 Å². The van der Waals surface area contributed by atoms with Crippen molar-refractivity contribution < 1.29 is 9.53 Å². The number of carbonyl (C=O) groups is 1. The topological polar surface area (TPSA) is 55.6 Å². The molecule has 1 heterocycles. The Bertz CT molecular complexity index is 408. The first kappa shape index (κ1) is 14.0. The van der Waals surface area contributed by atoms with E-state index in [1.165, 1.54) is 0 Å². The number of rotatable bonds is 4. The van der Waals surface area contributed by atoms with Gasteiger partial charge in [0.2, 0.25) is 0 Å². The van der Waals surface area contributed by atoms with Gasteiger partial charge in [0.15, 0.2) is 6.10 Å². The second-order valence-corrected chi connectivity index (χ2v) is 4.93. The smallest absolute Gasteiger partial charge is 0.256 e. The summed E-state index contributed by atoms with van der Waals surface area (Å²) >= 11 is 0. The highest BCUT2D eigenvalue weighted by atomic mass is 16.5. The molecule has 1 amide bonds. The van der Waals surface area contributed by atoms with Gasteiger partial charge in [-0.15, -0.1) is 0 Å². The van der Waals surface area contributed by atoms with Gasteiger partial charge in [-0.2, -0.15) is 0 Å². The summed E-state index contributed by atoms with van der Waals surface area (Å²) in [5, 5.41) is 0. The van der Waals surface area contributed by atoms with E-state index in [2.05, 4.69) is 0 Å². The summed E-state index contributed by atoms with van der Waals surface area (Å²) in [5.74, 6) is 0.0307. The number of amides is 1. The van der Waals surface area contributed by atoms with E-state index in [4.69, 9.17) is 10.5 Å². The third-order valence-corrected chi connectivity index (χ3v) is 3.43. The molecule has 2 atom stereocenters. The number of piperidine rings is 1. The van der Waals surface area contributed by atoms with E-state index in [9.17, 15) is 4.79 Å². The molecule has 0 radical (unpaired) electrons. The number of hydrogen-bond acceptors (Lipinski definition) is 3. The Morgan fingerprint density at radius 1 is 1.47 bits per heavy atom. The van der Waals surface area contributed by atoms with E-state index in [0.717, 1.165) is 24.9 Å². The van der Waals surface area contributed by atoms with Gasteiger partial charge >= 0.3 is 0 Å². The molecule has 0 bridgehead atoms. The third-order valence-electron chi connectivity index (χ3n) is 3.43. The average molecular weight is 262 g/mol. The molecule has 19 heavy (non-hydrogen) atoms. The molecule has 0 spiro atoms. The van der Waals surface area contributed by atoms with Crippen LogP contribution in [0.3, 0.4) is 0 Å². The Kier molecular flexibility index (Phi) is 4.93. The van der Waals surface area contributed by atoms with Gasteiger partial charge in [0.05, 0.1) is 0 Å². The minimum atomic E-state index is -0.503. The largest absolute Gasteiger partial charge is 0.364 e. The molecule has 1 fully saturated rings. The van der Waals surface area contributed by atoms with Crippen molar-refractivity contribution in [3.8, 4) is 0 Å². The molecule has 0 aliphatic carbocycles. The maximum Gasteiger partial charge on any atom is 0.256 e. The van der Waals surface area contributed by atoms with Crippen molar-refractivity contribution in [3.63, 3.8) is 0 Å². The molecule has 104 valence electrons. The number of carbonyl (C=O) groups excluding carboxylic acids is 1. The molecule has 0 aromatic heterocycles. The summed E-state index contributed by atoms with van der Waals surface area (Å²) in [6.45, 7) is 3.84. The zero-order valence-corrected chi connectivity index (χ0v) is 11.4. The monoisotopic (exact) mass is 262 g/mol. The Hall–Kier alpha value is -1.39. The van der Waals surface area contributed by atoms with Crippen LogP contribution in [0, 0.1) is 0 Å². The lowest BCUT2D eigenvalue weighted by atomic mass is 10.0. The molecule has 4 nitrogen and oxygen atoms in total. The minimum Gasteiger partial charge on any atom is -0.364 e. The maximum atomic E-state index is 12.6. The predicted molar refractivity (Wildman–Crippen MR) is 74.6 cm³/mol. The van der Waals surface area contributed by atoms with E-state index in [-0.39, 0.29) is 11.9 Å². The number of nitrogens with two attached hydrogens (primary N) is 1. The minimum absolute atomic E-state index is 0.0307. The molecule has 0 saturated carbocycles. The van der Waals surface area contributed by atoms with E-state index >= 15 is 0 Å². The fourth-order valence-electron chi connectivity index (χ4n) is 2.48. The lowest BCUT2D eigenvalue weighted by molar-refractivity contribution is -0.145. The SMILES string of the molecule is CCO[C@@H](C(=O)N1CCC[C@@H](N)C1)c1ccccc1. The summed E-state index contributed by atoms with van der Waals surface area (Å²) in [6, 6.07) is 9.75. The van der Waals surface area contributed by atoms with E-state index in [1.807, 2.05) is 42.2 Å². The van der Waals surface area contributed by atoms with Crippen LogP contribution in [-0.2, 0) is 9.53 Å². The van der Waals surface area contributed by atoms with Gasteiger partial charge in [-0.25, -0.2) is 0 Å². The number of benzene rings is 1. The first-order valence-corrected chi connectivity index (χ1v) is 6.93. The second-order valence-electron chi connectivity index (χ2n) is 4.93. The van der Waals surface area contributed by atoms with Crippen LogP contribution in [0.15, 0.2) is 30.3 Å². The lowest BCUT2D eigenvalue weighted by Crippen LogP contribution is -2.47. The molecule has 1 aromatic rings. The molecule has 1 aromatic carbocycles. The third kappa shape index (κ3) is 3.55. The summed E-state index contributed by atoms with van der Waals surface area (Å²) in [6.07, 6.45) is 1.46. The molecule has 4 heteroatoms. The normalized spacial score (nSPS) is 21.2. The Morgan fingerprint density at radius 2 is 2.21 bits per heavy atom. The Morgan fingerprint density at radius 3 is 2.84 bits per heavy atom. The Labute approximate surface area is 114 Å². The van der Waals surface area contributed by atoms with Crippen molar-refractivity contribution in [2.45, 2.75) is 31.9 Å². The standard InChI is InChI=1S/C15H22N2O2/c1-2-19-14(12-7-4-3-5-8-12)15(18)17-10-6-9-13(16)11-17/h3-5,7-8,13-14H,2,6,9-11,16H2,1H3/t13-,14-/m1/s1. The average Bonchev–Trinajstić information content (AvgIpc) is 2.45. The highest BCUT2D eigenvalue weighted by Gasteiger charge is 2.29. The molecule has 1 aliphatic heterocycles. The van der Waals surface area contributed by atoms with Crippen LogP contribution in [0.2, 0.25) is 0 Å². The molecule has 0 unspecified atom stereocenters. The van der Waals surface area contributed by atoms with E-state index < -0.39 is 6.10 Å². The fraction of sp³-hybridized carbons (Fsp3) is 0.533. The highest BCUT2D eigenvalue weighted by molar-refractivity contribution is 5.82. The lowest BCUT2D eigenvalue weighted by Gasteiger charge is -2.33. The van der Waals surface area contributed by atoms with Crippen LogP contribution in [-0.4, -0.2) is 36.5 Å². The zero-order valence-electron chi connectivity index (χ0n) is 11.4. The van der Waals surface area contributed by atoms with Crippen LogP contribution in [0.4, 0.5) is 0 Å². The zero-order chi connectivity index (χ0) is 13.7. The van der Waals surface area contributed by atoms with Crippen molar-refractivity contribution in [2.24, 2.45) is 5.73 Å². The molecule has 1 saturated heterocycles. The van der Waals surface area contributed by atoms with Gasteiger partial charge < -0.3 is 15.4 Å². The summed E-state index contributed by atoms with van der Waals surface area (Å²) < 4.78 is 5.65. The van der Waals surface area contributed by atoms with Gasteiger partial charge in [-0.05, 0) is 25.3 Å². The number of nitrogens with zero attached hydrogens (tertiary/aromatic N) is 1. The van der Waals surface area contributed by atoms with Crippen LogP contribution in [0.5, 0.6) is 0 Å². The second kappa shape index (κ2) is 6.68. The number of hydrogen-bond donors (Lipinski definition) is 1. The van der Waals surface area contributed by atoms with E-state index in [0.29, 0.717) is 13.2 Å². The molecular weight excluding hydrogens is 240 g/mol. The van der Waals surface area contributed by atoms with Crippen molar-refractivity contribution in [1.29, 1.82) is 0 Å². The molecule has 1 aliphatic rings. The summed E-state index contributed by atoms with van der Waals surface area (Å²) in [4.78, 5) is 14.4. The first-order valence-electron chi connectivity index (χ1n) is 6.93. The van der Waals surface area contributed by atoms with Gasteiger partial charge in [-0.3, -0.25) is 4.79 Å². The molecule has 2 N–H and O–H groups in total. The fourth-order valence-corrected chi connectivity index (χ4v) is 2.48. The highest BCUT2D eigenvalue weighted by Crippen LogP contribution is 2.22. The molecule has 2 rings (SSSR count). The van der Waals surface area contributed by atoms with Gasteiger partial charge in [0.1, 0.15) is 0 Å². The summed E-state index contributed by atoms with van der Waals surface area (Å²) in [7, 11) is 0. The van der Waals surface area contributed by atoms with Crippen LogP contribution < -0.4 is 5.73 Å². The van der Waals surface area contributed by atoms with E-state index in [1.54, 1.807) is 0 Å². The van der Waals surface area contributed by atoms with Crippen LogP contribution in [0.1, 0.15) is 31.4 Å². The number of likely N-dealkylation sites (tertiary alicyclic amines) is 1. The van der Waals surface area contributed by atoms with Crippen LogP contribution in [0.25, 0.3) is 0 Å². The number of ether oxygens (including phenoxy) is 1.